The van der Waals surface area contributed by atoms with E-state index in [1.165, 1.54) is 0 Å². The van der Waals surface area contributed by atoms with E-state index in [4.69, 9.17) is 15.2 Å². The molecular weight excluding hydrogens is 228 g/mol. The van der Waals surface area contributed by atoms with Gasteiger partial charge in [0, 0.05) is 46.0 Å². The predicted octanol–water partition coefficient (Wildman–Crippen LogP) is 1.88. The van der Waals surface area contributed by atoms with E-state index in [9.17, 15) is 0 Å². The maximum Gasteiger partial charge on any atom is 0.0589 e. The molecule has 18 heavy (non-hydrogen) atoms. The van der Waals surface area contributed by atoms with Gasteiger partial charge in [-0.05, 0) is 19.3 Å². The molecule has 0 spiro atoms. The van der Waals surface area contributed by atoms with Crippen LogP contribution in [0.25, 0.3) is 0 Å². The molecule has 2 N–H and O–H groups in total. The smallest absolute Gasteiger partial charge is 0.0589 e. The molecule has 2 atom stereocenters. The van der Waals surface area contributed by atoms with Crippen molar-refractivity contribution in [1.82, 2.24) is 4.90 Å². The van der Waals surface area contributed by atoms with Crippen molar-refractivity contribution in [3.63, 3.8) is 0 Å². The maximum atomic E-state index is 6.30. The van der Waals surface area contributed by atoms with Crippen molar-refractivity contribution >= 4 is 0 Å². The quantitative estimate of drug-likeness (QED) is 0.544. The summed E-state index contributed by atoms with van der Waals surface area (Å²) in [5.74, 6) is 0. The van der Waals surface area contributed by atoms with Gasteiger partial charge in [0.05, 0.1) is 6.61 Å². The standard InChI is InChI=1S/C14H32N2O2/c1-5-8-13(15)14(6-2)16(10-12-18-4)9-7-11-17-3/h13-14H,5-12,15H2,1-4H3. The minimum absolute atomic E-state index is 0.263. The monoisotopic (exact) mass is 260 g/mol. The highest BCUT2D eigenvalue weighted by Crippen LogP contribution is 2.12. The van der Waals surface area contributed by atoms with Crippen molar-refractivity contribution in [2.75, 3.05) is 40.5 Å². The van der Waals surface area contributed by atoms with Crippen LogP contribution >= 0.6 is 0 Å². The van der Waals surface area contributed by atoms with Gasteiger partial charge in [0.15, 0.2) is 0 Å². The molecule has 0 aromatic carbocycles. The first-order valence-electron chi connectivity index (χ1n) is 7.18. The molecule has 0 aliphatic rings. The molecule has 0 saturated heterocycles. The van der Waals surface area contributed by atoms with E-state index in [1.807, 2.05) is 0 Å². The van der Waals surface area contributed by atoms with Gasteiger partial charge < -0.3 is 15.2 Å². The van der Waals surface area contributed by atoms with Gasteiger partial charge in [-0.15, -0.1) is 0 Å². The fourth-order valence-electron chi connectivity index (χ4n) is 2.42. The molecule has 0 rings (SSSR count). The lowest BCUT2D eigenvalue weighted by atomic mass is 10.00. The normalized spacial score (nSPS) is 15.0. The molecule has 0 fully saturated rings. The molecule has 0 aromatic rings. The van der Waals surface area contributed by atoms with Gasteiger partial charge in [-0.1, -0.05) is 20.3 Å². The van der Waals surface area contributed by atoms with Gasteiger partial charge in [-0.25, -0.2) is 0 Å². The molecule has 4 nitrogen and oxygen atoms in total. The molecule has 4 heteroatoms. The number of hydrogen-bond acceptors (Lipinski definition) is 4. The fraction of sp³-hybridized carbons (Fsp3) is 1.00. The van der Waals surface area contributed by atoms with Crippen LogP contribution in [0.2, 0.25) is 0 Å². The van der Waals surface area contributed by atoms with Gasteiger partial charge in [-0.3, -0.25) is 4.90 Å². The van der Waals surface area contributed by atoms with Crippen molar-refractivity contribution in [1.29, 1.82) is 0 Å². The number of ether oxygens (including phenoxy) is 2. The summed E-state index contributed by atoms with van der Waals surface area (Å²) < 4.78 is 10.3. The first-order chi connectivity index (χ1) is 8.71. The van der Waals surface area contributed by atoms with Gasteiger partial charge in [0.25, 0.3) is 0 Å². The van der Waals surface area contributed by atoms with E-state index in [1.54, 1.807) is 14.2 Å². The number of rotatable bonds is 12. The van der Waals surface area contributed by atoms with Crippen LogP contribution in [-0.4, -0.2) is 57.5 Å². The van der Waals surface area contributed by atoms with Crippen LogP contribution in [0, 0.1) is 0 Å². The molecular formula is C14H32N2O2. The zero-order chi connectivity index (χ0) is 13.8. The van der Waals surface area contributed by atoms with Crippen LogP contribution in [0.15, 0.2) is 0 Å². The van der Waals surface area contributed by atoms with Crippen LogP contribution in [0.5, 0.6) is 0 Å². The van der Waals surface area contributed by atoms with E-state index in [-0.39, 0.29) is 6.04 Å². The minimum Gasteiger partial charge on any atom is -0.385 e. The Balaban J connectivity index is 4.35. The second kappa shape index (κ2) is 11.9. The van der Waals surface area contributed by atoms with Crippen molar-refractivity contribution in [2.24, 2.45) is 5.73 Å². The van der Waals surface area contributed by atoms with Crippen LogP contribution in [0.4, 0.5) is 0 Å². The maximum absolute atomic E-state index is 6.30. The summed E-state index contributed by atoms with van der Waals surface area (Å²) in [5, 5.41) is 0. The Morgan fingerprint density at radius 3 is 2.22 bits per heavy atom. The Labute approximate surface area is 113 Å². The van der Waals surface area contributed by atoms with E-state index in [2.05, 4.69) is 18.7 Å². The molecule has 0 heterocycles. The molecule has 0 aliphatic carbocycles. The molecule has 0 saturated carbocycles. The highest BCUT2D eigenvalue weighted by molar-refractivity contribution is 4.81. The number of methoxy groups -OCH3 is 2. The summed E-state index contributed by atoms with van der Waals surface area (Å²) in [6, 6.07) is 0.719. The molecule has 0 aliphatic heterocycles. The minimum atomic E-state index is 0.263. The highest BCUT2D eigenvalue weighted by atomic mass is 16.5. The van der Waals surface area contributed by atoms with Crippen molar-refractivity contribution in [3.05, 3.63) is 0 Å². The lowest BCUT2D eigenvalue weighted by Gasteiger charge is -2.35. The number of nitrogens with two attached hydrogens (primary N) is 1. The van der Waals surface area contributed by atoms with Crippen LogP contribution in [0.1, 0.15) is 39.5 Å². The Kier molecular flexibility index (Phi) is 11.8. The van der Waals surface area contributed by atoms with Crippen LogP contribution in [-0.2, 0) is 9.47 Å². The topological polar surface area (TPSA) is 47.7 Å². The average molecular weight is 260 g/mol. The van der Waals surface area contributed by atoms with E-state index < -0.39 is 0 Å². The summed E-state index contributed by atoms with van der Waals surface area (Å²) in [4.78, 5) is 2.46. The summed E-state index contributed by atoms with van der Waals surface area (Å²) in [7, 11) is 3.50. The summed E-state index contributed by atoms with van der Waals surface area (Å²) >= 11 is 0. The summed E-state index contributed by atoms with van der Waals surface area (Å²) in [6.07, 6.45) is 4.38. The van der Waals surface area contributed by atoms with E-state index in [0.717, 1.165) is 52.0 Å². The Morgan fingerprint density at radius 1 is 1.06 bits per heavy atom. The molecule has 0 bridgehead atoms. The fourth-order valence-corrected chi connectivity index (χ4v) is 2.42. The first-order valence-corrected chi connectivity index (χ1v) is 7.18. The zero-order valence-corrected chi connectivity index (χ0v) is 12.7. The molecule has 2 unspecified atom stereocenters. The zero-order valence-electron chi connectivity index (χ0n) is 12.7. The van der Waals surface area contributed by atoms with E-state index in [0.29, 0.717) is 6.04 Å². The molecule has 0 aromatic heterocycles. The van der Waals surface area contributed by atoms with Crippen LogP contribution < -0.4 is 5.73 Å². The van der Waals surface area contributed by atoms with Crippen molar-refractivity contribution in [2.45, 2.75) is 51.6 Å². The van der Waals surface area contributed by atoms with Gasteiger partial charge in [0.2, 0.25) is 0 Å². The lowest BCUT2D eigenvalue weighted by molar-refractivity contribution is 0.0929. The summed E-state index contributed by atoms with van der Waals surface area (Å²) in [5.41, 5.74) is 6.30. The Hall–Kier alpha value is -0.160. The second-order valence-electron chi connectivity index (χ2n) is 4.80. The van der Waals surface area contributed by atoms with Crippen molar-refractivity contribution < 1.29 is 9.47 Å². The van der Waals surface area contributed by atoms with Gasteiger partial charge in [0.1, 0.15) is 0 Å². The third kappa shape index (κ3) is 7.31. The number of hydrogen-bond donors (Lipinski definition) is 1. The third-order valence-electron chi connectivity index (χ3n) is 3.38. The Morgan fingerprint density at radius 2 is 1.72 bits per heavy atom. The average Bonchev–Trinajstić information content (AvgIpc) is 2.36. The largest absolute Gasteiger partial charge is 0.385 e. The Bertz CT molecular complexity index is 179. The lowest BCUT2D eigenvalue weighted by Crippen LogP contribution is -2.49. The van der Waals surface area contributed by atoms with Crippen molar-refractivity contribution in [3.8, 4) is 0 Å². The van der Waals surface area contributed by atoms with Gasteiger partial charge in [-0.2, -0.15) is 0 Å². The predicted molar refractivity (Wildman–Crippen MR) is 76.9 cm³/mol. The molecule has 0 amide bonds. The number of nitrogens with zero attached hydrogens (tertiary/aromatic N) is 1. The van der Waals surface area contributed by atoms with Gasteiger partial charge >= 0.3 is 0 Å². The second-order valence-corrected chi connectivity index (χ2v) is 4.80. The highest BCUT2D eigenvalue weighted by Gasteiger charge is 2.22. The molecule has 0 radical (unpaired) electrons. The van der Waals surface area contributed by atoms with E-state index >= 15 is 0 Å². The van der Waals surface area contributed by atoms with Crippen LogP contribution in [0.3, 0.4) is 0 Å². The summed E-state index contributed by atoms with van der Waals surface area (Å²) in [6.45, 7) is 7.97. The molecule has 110 valence electrons. The SMILES string of the molecule is CCCC(N)C(CC)N(CCCOC)CCOC. The third-order valence-corrected chi connectivity index (χ3v) is 3.38. The first kappa shape index (κ1) is 17.8.